The highest BCUT2D eigenvalue weighted by Gasteiger charge is 2.45. The summed E-state index contributed by atoms with van der Waals surface area (Å²) in [5.74, 6) is 0.280. The van der Waals surface area contributed by atoms with E-state index < -0.39 is 9.84 Å². The Morgan fingerprint density at radius 1 is 1.47 bits per heavy atom. The van der Waals surface area contributed by atoms with Gasteiger partial charge in [0.1, 0.15) is 6.17 Å². The average Bonchev–Trinajstić information content (AvgIpc) is 3.01. The maximum absolute atomic E-state index is 12.3. The van der Waals surface area contributed by atoms with Crippen LogP contribution in [0.1, 0.15) is 24.4 Å². The molecular formula is C12H16N2O3S2. The van der Waals surface area contributed by atoms with Crippen LogP contribution < -0.4 is 5.32 Å². The number of hydrogen-bond acceptors (Lipinski definition) is 5. The second-order valence-corrected chi connectivity index (χ2v) is 8.32. The van der Waals surface area contributed by atoms with E-state index in [-0.39, 0.29) is 35.7 Å². The highest BCUT2D eigenvalue weighted by molar-refractivity contribution is 7.91. The number of sulfone groups is 1. The number of thiophene rings is 1. The Morgan fingerprint density at radius 2 is 2.26 bits per heavy atom. The largest absolute Gasteiger partial charge is 0.317 e. The molecule has 0 bridgehead atoms. The molecule has 1 N–H and O–H groups in total. The number of hydrogen-bond donors (Lipinski definition) is 1. The molecule has 0 aromatic carbocycles. The minimum absolute atomic E-state index is 0.000463. The zero-order valence-corrected chi connectivity index (χ0v) is 12.2. The summed E-state index contributed by atoms with van der Waals surface area (Å²) in [4.78, 5) is 15.1. The lowest BCUT2D eigenvalue weighted by molar-refractivity contribution is -0.131. The van der Waals surface area contributed by atoms with Crippen LogP contribution in [0.15, 0.2) is 17.5 Å². The van der Waals surface area contributed by atoms with Crippen LogP contribution in [-0.4, -0.2) is 42.8 Å². The van der Waals surface area contributed by atoms with Crippen molar-refractivity contribution < 1.29 is 13.2 Å². The molecule has 2 aliphatic heterocycles. The summed E-state index contributed by atoms with van der Waals surface area (Å²) in [6.07, 6.45) is 0.366. The van der Waals surface area contributed by atoms with Gasteiger partial charge in [-0.3, -0.25) is 10.1 Å². The van der Waals surface area contributed by atoms with Crippen LogP contribution in [0.5, 0.6) is 0 Å². The molecular weight excluding hydrogens is 284 g/mol. The van der Waals surface area contributed by atoms with Gasteiger partial charge in [0.2, 0.25) is 5.91 Å². The van der Waals surface area contributed by atoms with Gasteiger partial charge in [-0.25, -0.2) is 8.42 Å². The second kappa shape index (κ2) is 4.57. The van der Waals surface area contributed by atoms with Crippen molar-refractivity contribution in [3.05, 3.63) is 22.4 Å². The highest BCUT2D eigenvalue weighted by Crippen LogP contribution is 2.33. The van der Waals surface area contributed by atoms with Gasteiger partial charge in [-0.05, 0) is 24.8 Å². The molecule has 3 unspecified atom stereocenters. The normalized spacial score (nSPS) is 34.1. The quantitative estimate of drug-likeness (QED) is 0.875. The number of amides is 1. The fourth-order valence-electron chi connectivity index (χ4n) is 2.79. The third kappa shape index (κ3) is 2.30. The SMILES string of the molecule is CC1NC(c2cccs2)N(C2CCS(=O)(=O)C2)C1=O. The molecule has 3 heterocycles. The Kier molecular flexibility index (Phi) is 3.15. The van der Waals surface area contributed by atoms with Gasteiger partial charge in [0.15, 0.2) is 9.84 Å². The molecule has 1 aromatic heterocycles. The fraction of sp³-hybridized carbons (Fsp3) is 0.583. The summed E-state index contributed by atoms with van der Waals surface area (Å²) < 4.78 is 23.2. The molecule has 0 aliphatic carbocycles. The number of carbonyl (C=O) groups is 1. The average molecular weight is 300 g/mol. The molecule has 2 aliphatic rings. The van der Waals surface area contributed by atoms with Gasteiger partial charge < -0.3 is 4.90 Å². The first-order valence-corrected chi connectivity index (χ1v) is 9.00. The van der Waals surface area contributed by atoms with Gasteiger partial charge in [0.25, 0.3) is 0 Å². The number of rotatable bonds is 2. The van der Waals surface area contributed by atoms with E-state index >= 15 is 0 Å². The monoisotopic (exact) mass is 300 g/mol. The van der Waals surface area contributed by atoms with E-state index in [2.05, 4.69) is 5.32 Å². The smallest absolute Gasteiger partial charge is 0.241 e. The van der Waals surface area contributed by atoms with Crippen LogP contribution in [0.2, 0.25) is 0 Å². The molecule has 3 atom stereocenters. The summed E-state index contributed by atoms with van der Waals surface area (Å²) in [6.45, 7) is 1.83. The van der Waals surface area contributed by atoms with Crippen LogP contribution in [-0.2, 0) is 14.6 Å². The molecule has 19 heavy (non-hydrogen) atoms. The third-order valence-electron chi connectivity index (χ3n) is 3.73. The van der Waals surface area contributed by atoms with E-state index in [1.54, 1.807) is 16.2 Å². The molecule has 5 nitrogen and oxygen atoms in total. The zero-order chi connectivity index (χ0) is 13.6. The summed E-state index contributed by atoms with van der Waals surface area (Å²) in [5.41, 5.74) is 0. The molecule has 0 saturated carbocycles. The van der Waals surface area contributed by atoms with E-state index in [0.717, 1.165) is 4.88 Å². The molecule has 7 heteroatoms. The van der Waals surface area contributed by atoms with E-state index in [1.165, 1.54) is 0 Å². The van der Waals surface area contributed by atoms with Crippen molar-refractivity contribution in [1.82, 2.24) is 10.2 Å². The lowest BCUT2D eigenvalue weighted by Gasteiger charge is -2.28. The maximum Gasteiger partial charge on any atom is 0.241 e. The summed E-state index contributed by atoms with van der Waals surface area (Å²) in [6, 6.07) is 3.47. The molecule has 1 amide bonds. The molecule has 1 aromatic rings. The van der Waals surface area contributed by atoms with Crippen molar-refractivity contribution in [2.75, 3.05) is 11.5 Å². The highest BCUT2D eigenvalue weighted by atomic mass is 32.2. The first kappa shape index (κ1) is 13.1. The van der Waals surface area contributed by atoms with E-state index in [1.807, 2.05) is 24.4 Å². The Bertz CT molecular complexity index is 582. The summed E-state index contributed by atoms with van der Waals surface area (Å²) in [7, 11) is -2.98. The Labute approximate surface area is 116 Å². The van der Waals surface area contributed by atoms with Crippen LogP contribution in [0.4, 0.5) is 0 Å². The number of nitrogens with one attached hydrogen (secondary N) is 1. The Hall–Kier alpha value is -0.920. The molecule has 3 rings (SSSR count). The molecule has 0 radical (unpaired) electrons. The first-order valence-electron chi connectivity index (χ1n) is 6.30. The van der Waals surface area contributed by atoms with Crippen molar-refractivity contribution in [2.24, 2.45) is 0 Å². The molecule has 2 fully saturated rings. The lowest BCUT2D eigenvalue weighted by atomic mass is 10.2. The van der Waals surface area contributed by atoms with E-state index in [9.17, 15) is 13.2 Å². The van der Waals surface area contributed by atoms with Crippen molar-refractivity contribution >= 4 is 27.1 Å². The van der Waals surface area contributed by atoms with Gasteiger partial charge in [0.05, 0.1) is 17.5 Å². The van der Waals surface area contributed by atoms with Crippen molar-refractivity contribution in [1.29, 1.82) is 0 Å². The van der Waals surface area contributed by atoms with Crippen LogP contribution >= 0.6 is 11.3 Å². The van der Waals surface area contributed by atoms with Crippen molar-refractivity contribution in [3.63, 3.8) is 0 Å². The topological polar surface area (TPSA) is 66.5 Å². The van der Waals surface area contributed by atoms with Crippen molar-refractivity contribution in [2.45, 2.75) is 31.6 Å². The van der Waals surface area contributed by atoms with Gasteiger partial charge in [-0.2, -0.15) is 0 Å². The maximum atomic E-state index is 12.3. The summed E-state index contributed by atoms with van der Waals surface area (Å²) >= 11 is 1.58. The minimum atomic E-state index is -2.98. The number of carbonyl (C=O) groups excluding carboxylic acids is 1. The first-order chi connectivity index (χ1) is 8.98. The predicted octanol–water partition coefficient (Wildman–Crippen LogP) is 0.754. The Morgan fingerprint density at radius 3 is 2.84 bits per heavy atom. The van der Waals surface area contributed by atoms with Gasteiger partial charge >= 0.3 is 0 Å². The van der Waals surface area contributed by atoms with E-state index in [4.69, 9.17) is 0 Å². The van der Waals surface area contributed by atoms with Gasteiger partial charge in [-0.15, -0.1) is 11.3 Å². The Balaban J connectivity index is 1.90. The lowest BCUT2D eigenvalue weighted by Crippen LogP contribution is -2.40. The second-order valence-electron chi connectivity index (χ2n) is 5.11. The minimum Gasteiger partial charge on any atom is -0.317 e. The third-order valence-corrected chi connectivity index (χ3v) is 6.40. The molecule has 2 saturated heterocycles. The summed E-state index contributed by atoms with van der Waals surface area (Å²) in [5, 5.41) is 5.22. The number of nitrogens with zero attached hydrogens (tertiary/aromatic N) is 1. The van der Waals surface area contributed by atoms with E-state index in [0.29, 0.717) is 6.42 Å². The van der Waals surface area contributed by atoms with Gasteiger partial charge in [0, 0.05) is 10.9 Å². The predicted molar refractivity (Wildman–Crippen MR) is 73.6 cm³/mol. The van der Waals surface area contributed by atoms with Crippen LogP contribution in [0.25, 0.3) is 0 Å². The molecule has 104 valence electrons. The van der Waals surface area contributed by atoms with Gasteiger partial charge in [-0.1, -0.05) is 6.07 Å². The zero-order valence-electron chi connectivity index (χ0n) is 10.6. The molecule has 0 spiro atoms. The standard InChI is InChI=1S/C12H16N2O3S2/c1-8-12(15)14(9-4-6-19(16,17)7-9)11(13-8)10-3-2-5-18-10/h2-3,5,8-9,11,13H,4,6-7H2,1H3. The fourth-order valence-corrected chi connectivity index (χ4v) is 5.28. The van der Waals surface area contributed by atoms with Crippen LogP contribution in [0, 0.1) is 0 Å². The van der Waals surface area contributed by atoms with Crippen LogP contribution in [0.3, 0.4) is 0 Å². The van der Waals surface area contributed by atoms with Crippen molar-refractivity contribution in [3.8, 4) is 0 Å².